The number of aryl methyl sites for hydroxylation is 2. The van der Waals surface area contributed by atoms with Crippen LogP contribution in [0.2, 0.25) is 0 Å². The van der Waals surface area contributed by atoms with Gasteiger partial charge in [-0.3, -0.25) is 14.3 Å². The maximum absolute atomic E-state index is 13.5. The minimum absolute atomic E-state index is 0.0229. The van der Waals surface area contributed by atoms with Gasteiger partial charge in [0.2, 0.25) is 5.91 Å². The van der Waals surface area contributed by atoms with Gasteiger partial charge < -0.3 is 14.5 Å². The van der Waals surface area contributed by atoms with Crippen LogP contribution < -0.4 is 0 Å². The molecule has 0 atom stereocenters. The van der Waals surface area contributed by atoms with E-state index in [9.17, 15) is 9.59 Å². The second-order valence-corrected chi connectivity index (χ2v) is 8.53. The van der Waals surface area contributed by atoms with Crippen LogP contribution in [0.15, 0.2) is 54.7 Å². The summed E-state index contributed by atoms with van der Waals surface area (Å²) in [4.78, 5) is 29.4. The molecule has 172 valence electrons. The van der Waals surface area contributed by atoms with Gasteiger partial charge in [-0.05, 0) is 36.6 Å². The molecule has 0 saturated carbocycles. The van der Waals surface area contributed by atoms with Gasteiger partial charge >= 0.3 is 0 Å². The monoisotopic (exact) mass is 446 g/mol. The molecular weight excluding hydrogens is 416 g/mol. The highest BCUT2D eigenvalue weighted by Gasteiger charge is 2.25. The first kappa shape index (κ1) is 22.7. The number of nitrogens with zero attached hydrogens (tertiary/aromatic N) is 4. The van der Waals surface area contributed by atoms with E-state index in [1.165, 1.54) is 10.5 Å². The zero-order chi connectivity index (χ0) is 23.4. The minimum atomic E-state index is -0.218. The molecule has 1 fully saturated rings. The van der Waals surface area contributed by atoms with Crippen molar-refractivity contribution >= 4 is 11.8 Å². The first-order chi connectivity index (χ1) is 15.9. The fourth-order valence-electron chi connectivity index (χ4n) is 3.92. The van der Waals surface area contributed by atoms with Crippen molar-refractivity contribution < 1.29 is 14.3 Å². The number of rotatable bonds is 6. The molecule has 0 spiro atoms. The second kappa shape index (κ2) is 10.0. The fourth-order valence-corrected chi connectivity index (χ4v) is 3.92. The van der Waals surface area contributed by atoms with Crippen LogP contribution in [0.1, 0.15) is 27.0 Å². The summed E-state index contributed by atoms with van der Waals surface area (Å²) < 4.78 is 7.12. The molecule has 1 saturated heterocycles. The summed E-state index contributed by atoms with van der Waals surface area (Å²) in [6, 6.07) is 16.1. The summed E-state index contributed by atoms with van der Waals surface area (Å²) in [5.74, 6) is -0.289. The third kappa shape index (κ3) is 5.31. The number of benzene rings is 2. The number of hydrogen-bond acceptors (Lipinski definition) is 4. The van der Waals surface area contributed by atoms with Gasteiger partial charge in [-0.15, -0.1) is 0 Å². The van der Waals surface area contributed by atoms with Crippen molar-refractivity contribution in [3.8, 4) is 11.3 Å². The van der Waals surface area contributed by atoms with E-state index >= 15 is 0 Å². The van der Waals surface area contributed by atoms with Crippen molar-refractivity contribution in [1.29, 1.82) is 0 Å². The molecule has 7 heteroatoms. The quantitative estimate of drug-likeness (QED) is 0.583. The Morgan fingerprint density at radius 1 is 1.03 bits per heavy atom. The lowest BCUT2D eigenvalue weighted by Gasteiger charge is -2.28. The van der Waals surface area contributed by atoms with Gasteiger partial charge in [0.15, 0.2) is 0 Å². The number of aromatic nitrogens is 2. The Hall–Kier alpha value is -3.45. The molecule has 0 unspecified atom stereocenters. The molecule has 1 aliphatic heterocycles. The van der Waals surface area contributed by atoms with E-state index in [1.807, 2.05) is 42.5 Å². The lowest BCUT2D eigenvalue weighted by atomic mass is 10.0. The summed E-state index contributed by atoms with van der Waals surface area (Å²) in [6.45, 7) is 6.88. The smallest absolute Gasteiger partial charge is 0.257 e. The number of morpholine rings is 1. The van der Waals surface area contributed by atoms with Gasteiger partial charge in [0.25, 0.3) is 5.91 Å². The molecule has 0 aliphatic carbocycles. The van der Waals surface area contributed by atoms with Crippen molar-refractivity contribution in [3.63, 3.8) is 0 Å². The van der Waals surface area contributed by atoms with Gasteiger partial charge in [0.1, 0.15) is 5.69 Å². The van der Waals surface area contributed by atoms with Gasteiger partial charge in [-0.25, -0.2) is 0 Å². The molecule has 0 N–H and O–H groups in total. The molecule has 0 radical (unpaired) electrons. The number of hydrogen-bond donors (Lipinski definition) is 0. The third-order valence-corrected chi connectivity index (χ3v) is 6.04. The van der Waals surface area contributed by atoms with E-state index in [-0.39, 0.29) is 18.4 Å². The van der Waals surface area contributed by atoms with Crippen molar-refractivity contribution in [2.75, 3.05) is 39.9 Å². The zero-order valence-corrected chi connectivity index (χ0v) is 19.5. The Bertz CT molecular complexity index is 1130. The molecular formula is C26H30N4O3. The Kier molecular flexibility index (Phi) is 6.89. The maximum Gasteiger partial charge on any atom is 0.257 e. The normalized spacial score (nSPS) is 13.7. The van der Waals surface area contributed by atoms with Gasteiger partial charge in [0.05, 0.1) is 31.9 Å². The number of carbonyl (C=O) groups excluding carboxylic acids is 2. The lowest BCUT2D eigenvalue weighted by Crippen LogP contribution is -2.46. The molecule has 4 rings (SSSR count). The molecule has 7 nitrogen and oxygen atoms in total. The van der Waals surface area contributed by atoms with E-state index in [0.29, 0.717) is 44.1 Å². The van der Waals surface area contributed by atoms with Gasteiger partial charge in [-0.2, -0.15) is 5.10 Å². The highest BCUT2D eigenvalue weighted by atomic mass is 16.5. The van der Waals surface area contributed by atoms with Crippen LogP contribution in [0, 0.1) is 13.8 Å². The van der Waals surface area contributed by atoms with Gasteiger partial charge in [-0.1, -0.05) is 42.5 Å². The standard InChI is InChI=1S/C26H30N4O3/c1-19-9-10-22(15-20(19)2)25-23(17-30(27-25)16-21-7-5-4-6-8-21)26(32)28(3)18-24(31)29-11-13-33-14-12-29/h4-10,15,17H,11-14,16,18H2,1-3H3. The molecule has 0 bridgehead atoms. The number of likely N-dealkylation sites (N-methyl/N-ethyl adjacent to an activating group) is 1. The van der Waals surface area contributed by atoms with Crippen molar-refractivity contribution in [1.82, 2.24) is 19.6 Å². The minimum Gasteiger partial charge on any atom is -0.378 e. The molecule has 33 heavy (non-hydrogen) atoms. The van der Waals surface area contributed by atoms with Crippen LogP contribution >= 0.6 is 0 Å². The average molecular weight is 447 g/mol. The third-order valence-electron chi connectivity index (χ3n) is 6.04. The van der Waals surface area contributed by atoms with Crippen LogP contribution in [0.5, 0.6) is 0 Å². The molecule has 1 aromatic heterocycles. The average Bonchev–Trinajstić information content (AvgIpc) is 3.25. The first-order valence-corrected chi connectivity index (χ1v) is 11.2. The summed E-state index contributed by atoms with van der Waals surface area (Å²) >= 11 is 0. The SMILES string of the molecule is Cc1ccc(-c2nn(Cc3ccccc3)cc2C(=O)N(C)CC(=O)N2CCOCC2)cc1C. The second-order valence-electron chi connectivity index (χ2n) is 8.53. The van der Waals surface area contributed by atoms with Gasteiger partial charge in [0, 0.05) is 31.9 Å². The van der Waals surface area contributed by atoms with Crippen LogP contribution in [0.4, 0.5) is 0 Å². The highest BCUT2D eigenvalue weighted by Crippen LogP contribution is 2.26. The largest absolute Gasteiger partial charge is 0.378 e. The molecule has 2 aromatic carbocycles. The number of ether oxygens (including phenoxy) is 1. The van der Waals surface area contributed by atoms with E-state index in [1.54, 1.807) is 22.8 Å². The topological polar surface area (TPSA) is 67.7 Å². The summed E-state index contributed by atoms with van der Waals surface area (Å²) in [5.41, 5.74) is 5.43. The number of carbonyl (C=O) groups is 2. The maximum atomic E-state index is 13.5. The molecule has 2 heterocycles. The predicted octanol–water partition coefficient (Wildman–Crippen LogP) is 3.15. The van der Waals surface area contributed by atoms with Crippen LogP contribution in [0.3, 0.4) is 0 Å². The van der Waals surface area contributed by atoms with Crippen LogP contribution in [-0.2, 0) is 16.1 Å². The van der Waals surface area contributed by atoms with E-state index in [4.69, 9.17) is 9.84 Å². The Morgan fingerprint density at radius 3 is 2.45 bits per heavy atom. The fraction of sp³-hybridized carbons (Fsp3) is 0.346. The van der Waals surface area contributed by atoms with E-state index < -0.39 is 0 Å². The van der Waals surface area contributed by atoms with Crippen molar-refractivity contribution in [3.05, 3.63) is 77.0 Å². The van der Waals surface area contributed by atoms with E-state index in [0.717, 1.165) is 16.7 Å². The van der Waals surface area contributed by atoms with Crippen LogP contribution in [0.25, 0.3) is 11.3 Å². The van der Waals surface area contributed by atoms with E-state index in [2.05, 4.69) is 19.9 Å². The molecule has 3 aromatic rings. The van der Waals surface area contributed by atoms with Crippen molar-refractivity contribution in [2.24, 2.45) is 0 Å². The zero-order valence-electron chi connectivity index (χ0n) is 19.5. The lowest BCUT2D eigenvalue weighted by molar-refractivity contribution is -0.135. The number of amides is 2. The molecule has 1 aliphatic rings. The van der Waals surface area contributed by atoms with Crippen LogP contribution in [-0.4, -0.2) is 71.3 Å². The summed E-state index contributed by atoms with van der Waals surface area (Å²) in [7, 11) is 1.67. The Morgan fingerprint density at radius 2 is 1.76 bits per heavy atom. The summed E-state index contributed by atoms with van der Waals surface area (Å²) in [6.07, 6.45) is 1.79. The molecule has 2 amide bonds. The highest BCUT2D eigenvalue weighted by molar-refractivity contribution is 6.01. The Balaban J connectivity index is 1.62. The first-order valence-electron chi connectivity index (χ1n) is 11.2. The Labute approximate surface area is 194 Å². The predicted molar refractivity (Wildman–Crippen MR) is 127 cm³/mol. The van der Waals surface area contributed by atoms with Crippen molar-refractivity contribution in [2.45, 2.75) is 20.4 Å². The summed E-state index contributed by atoms with van der Waals surface area (Å²) in [5, 5.41) is 4.78.